The van der Waals surface area contributed by atoms with Crippen molar-refractivity contribution in [2.45, 2.75) is 50.6 Å². The van der Waals surface area contributed by atoms with E-state index in [0.29, 0.717) is 39.0 Å². The van der Waals surface area contributed by atoms with E-state index in [-0.39, 0.29) is 42.7 Å². The summed E-state index contributed by atoms with van der Waals surface area (Å²) in [5.74, 6) is -0.458. The number of rotatable bonds is 5. The number of halogens is 1. The van der Waals surface area contributed by atoms with Crippen LogP contribution in [0.3, 0.4) is 0 Å². The molecule has 1 unspecified atom stereocenters. The largest absolute Gasteiger partial charge is 0.340 e. The molecule has 30 heavy (non-hydrogen) atoms. The lowest BCUT2D eigenvalue weighted by atomic mass is 9.98. The molecule has 1 N–H and O–H groups in total. The van der Waals surface area contributed by atoms with Crippen molar-refractivity contribution >= 4 is 17.8 Å². The molecule has 1 atom stereocenters. The zero-order chi connectivity index (χ0) is 21.3. The number of nitrogens with zero attached hydrogens (tertiary/aromatic N) is 3. The minimum Gasteiger partial charge on any atom is -0.340 e. The lowest BCUT2D eigenvalue weighted by Crippen LogP contribution is -2.50. The predicted molar refractivity (Wildman–Crippen MR) is 109 cm³/mol. The van der Waals surface area contributed by atoms with Crippen LogP contribution in [-0.2, 0) is 9.59 Å². The molecule has 1 aromatic carbocycles. The molecule has 2 aliphatic heterocycles. The van der Waals surface area contributed by atoms with Crippen LogP contribution >= 0.6 is 0 Å². The Labute approximate surface area is 176 Å². The zero-order valence-electron chi connectivity index (χ0n) is 17.4. The predicted octanol–water partition coefficient (Wildman–Crippen LogP) is 2.29. The fraction of sp³-hybridized carbons (Fsp3) is 0.591. The lowest BCUT2D eigenvalue weighted by Gasteiger charge is -2.38. The second kappa shape index (κ2) is 8.34. The maximum atomic E-state index is 13.5. The van der Waals surface area contributed by atoms with Crippen LogP contribution in [-0.4, -0.2) is 70.8 Å². The minimum atomic E-state index is -0.723. The van der Waals surface area contributed by atoms with Gasteiger partial charge in [-0.25, -0.2) is 9.18 Å². The zero-order valence-corrected chi connectivity index (χ0v) is 17.4. The molecule has 7 nitrogen and oxygen atoms in total. The van der Waals surface area contributed by atoms with Gasteiger partial charge in [0.25, 0.3) is 5.91 Å². The highest BCUT2D eigenvalue weighted by molar-refractivity contribution is 6.07. The van der Waals surface area contributed by atoms with E-state index in [2.05, 4.69) is 10.2 Å². The molecule has 4 rings (SSSR count). The first-order valence-electron chi connectivity index (χ1n) is 10.8. The van der Waals surface area contributed by atoms with Crippen molar-refractivity contribution in [3.05, 3.63) is 35.6 Å². The number of benzene rings is 1. The van der Waals surface area contributed by atoms with Gasteiger partial charge in [-0.2, -0.15) is 0 Å². The van der Waals surface area contributed by atoms with Crippen molar-refractivity contribution in [3.8, 4) is 0 Å². The summed E-state index contributed by atoms with van der Waals surface area (Å²) in [7, 11) is 0. The quantitative estimate of drug-likeness (QED) is 0.748. The van der Waals surface area contributed by atoms with E-state index >= 15 is 0 Å². The molecule has 3 fully saturated rings. The third-order valence-corrected chi connectivity index (χ3v) is 6.80. The van der Waals surface area contributed by atoms with E-state index in [1.807, 2.05) is 13.0 Å². The van der Waals surface area contributed by atoms with Crippen LogP contribution in [0.1, 0.15) is 50.6 Å². The van der Waals surface area contributed by atoms with Crippen molar-refractivity contribution in [2.24, 2.45) is 0 Å². The number of imide groups is 1. The van der Waals surface area contributed by atoms with Crippen LogP contribution in [0.2, 0.25) is 0 Å². The Kier molecular flexibility index (Phi) is 5.77. The topological polar surface area (TPSA) is 73.0 Å². The average molecular weight is 416 g/mol. The van der Waals surface area contributed by atoms with Crippen molar-refractivity contribution in [1.82, 2.24) is 20.0 Å². The van der Waals surface area contributed by atoms with Crippen molar-refractivity contribution < 1.29 is 18.8 Å². The summed E-state index contributed by atoms with van der Waals surface area (Å²) in [6, 6.07) is 6.33. The SMILES string of the molecule is CC(c1cccc(F)c1)N1CCN(C(=O)CCN2C(=O)NC3(CCCC3)C2=O)CC1. The maximum Gasteiger partial charge on any atom is 0.325 e. The van der Waals surface area contributed by atoms with Crippen molar-refractivity contribution in [3.63, 3.8) is 0 Å². The minimum absolute atomic E-state index is 0.0407. The number of urea groups is 1. The number of hydrogen-bond acceptors (Lipinski definition) is 4. The van der Waals surface area contributed by atoms with Crippen molar-refractivity contribution in [1.29, 1.82) is 0 Å². The number of carbonyl (C=O) groups is 3. The Bertz CT molecular complexity index is 831. The van der Waals surface area contributed by atoms with E-state index < -0.39 is 5.54 Å². The monoisotopic (exact) mass is 416 g/mol. The molecule has 4 amide bonds. The molecule has 8 heteroatoms. The normalized spacial score (nSPS) is 22.6. The molecule has 162 valence electrons. The van der Waals surface area contributed by atoms with Gasteiger partial charge in [-0.05, 0) is 37.5 Å². The third-order valence-electron chi connectivity index (χ3n) is 6.80. The third kappa shape index (κ3) is 3.93. The molecule has 3 aliphatic rings. The van der Waals surface area contributed by atoms with Crippen LogP contribution in [0.15, 0.2) is 24.3 Å². The summed E-state index contributed by atoms with van der Waals surface area (Å²) in [5.41, 5.74) is 0.202. The van der Waals surface area contributed by atoms with Crippen LogP contribution in [0, 0.1) is 5.82 Å². The van der Waals surface area contributed by atoms with Crippen LogP contribution in [0.5, 0.6) is 0 Å². The Hall–Kier alpha value is -2.48. The average Bonchev–Trinajstić information content (AvgIpc) is 3.31. The van der Waals surface area contributed by atoms with E-state index in [9.17, 15) is 18.8 Å². The summed E-state index contributed by atoms with van der Waals surface area (Å²) in [6.07, 6.45) is 3.41. The van der Waals surface area contributed by atoms with Gasteiger partial charge in [0.1, 0.15) is 11.4 Å². The fourth-order valence-electron chi connectivity index (χ4n) is 4.90. The first-order valence-corrected chi connectivity index (χ1v) is 10.8. The molecule has 1 saturated carbocycles. The molecular weight excluding hydrogens is 387 g/mol. The number of piperazine rings is 1. The number of nitrogens with one attached hydrogen (secondary N) is 1. The number of carbonyl (C=O) groups excluding carboxylic acids is 3. The molecular formula is C22H29FN4O3. The molecule has 1 aliphatic carbocycles. The highest BCUT2D eigenvalue weighted by atomic mass is 19.1. The second-order valence-electron chi connectivity index (χ2n) is 8.57. The van der Waals surface area contributed by atoms with E-state index in [1.165, 1.54) is 11.0 Å². The smallest absolute Gasteiger partial charge is 0.325 e. The van der Waals surface area contributed by atoms with Gasteiger partial charge in [-0.3, -0.25) is 19.4 Å². The molecule has 2 saturated heterocycles. The highest BCUT2D eigenvalue weighted by Crippen LogP contribution is 2.35. The van der Waals surface area contributed by atoms with Gasteiger partial charge in [0.2, 0.25) is 5.91 Å². The van der Waals surface area contributed by atoms with Gasteiger partial charge in [0.15, 0.2) is 0 Å². The van der Waals surface area contributed by atoms with E-state index in [1.54, 1.807) is 17.0 Å². The number of hydrogen-bond donors (Lipinski definition) is 1. The van der Waals surface area contributed by atoms with Gasteiger partial charge >= 0.3 is 6.03 Å². The standard InChI is InChI=1S/C22H29FN4O3/c1-16(17-5-4-6-18(23)15-17)25-11-13-26(14-12-25)19(28)7-10-27-20(29)22(24-21(27)30)8-2-3-9-22/h4-6,15-16H,2-3,7-14H2,1H3,(H,24,30). The molecule has 2 heterocycles. The molecule has 0 aromatic heterocycles. The van der Waals surface area contributed by atoms with Crippen LogP contribution in [0.25, 0.3) is 0 Å². The van der Waals surface area contributed by atoms with Gasteiger partial charge in [-0.15, -0.1) is 0 Å². The molecule has 1 aromatic rings. The summed E-state index contributed by atoms with van der Waals surface area (Å²) in [6.45, 7) is 4.75. The molecule has 1 spiro atoms. The van der Waals surface area contributed by atoms with Crippen LogP contribution < -0.4 is 5.32 Å². The Balaban J connectivity index is 1.27. The van der Waals surface area contributed by atoms with Gasteiger partial charge in [-0.1, -0.05) is 25.0 Å². The van der Waals surface area contributed by atoms with Crippen molar-refractivity contribution in [2.75, 3.05) is 32.7 Å². The fourth-order valence-corrected chi connectivity index (χ4v) is 4.90. The highest BCUT2D eigenvalue weighted by Gasteiger charge is 2.52. The summed E-state index contributed by atoms with van der Waals surface area (Å²) >= 11 is 0. The Morgan fingerprint density at radius 1 is 1.17 bits per heavy atom. The number of amides is 4. The summed E-state index contributed by atoms with van der Waals surface area (Å²) in [5, 5.41) is 2.85. The Morgan fingerprint density at radius 3 is 2.53 bits per heavy atom. The van der Waals surface area contributed by atoms with Crippen LogP contribution in [0.4, 0.5) is 9.18 Å². The lowest BCUT2D eigenvalue weighted by molar-refractivity contribution is -0.135. The molecule has 0 bridgehead atoms. The maximum absolute atomic E-state index is 13.5. The second-order valence-corrected chi connectivity index (χ2v) is 8.57. The Morgan fingerprint density at radius 2 is 1.87 bits per heavy atom. The molecule has 0 radical (unpaired) electrons. The van der Waals surface area contributed by atoms with Gasteiger partial charge in [0.05, 0.1) is 0 Å². The summed E-state index contributed by atoms with van der Waals surface area (Å²) < 4.78 is 13.5. The van der Waals surface area contributed by atoms with Gasteiger partial charge in [0, 0.05) is 45.2 Å². The van der Waals surface area contributed by atoms with Gasteiger partial charge < -0.3 is 10.2 Å². The first-order chi connectivity index (χ1) is 14.4. The van der Waals surface area contributed by atoms with E-state index in [0.717, 1.165) is 18.4 Å². The first kappa shape index (κ1) is 20.8. The summed E-state index contributed by atoms with van der Waals surface area (Å²) in [4.78, 5) is 42.8. The van der Waals surface area contributed by atoms with E-state index in [4.69, 9.17) is 0 Å².